The summed E-state index contributed by atoms with van der Waals surface area (Å²) < 4.78 is 77.9. The van der Waals surface area contributed by atoms with Crippen LogP contribution in [-0.4, -0.2) is 78.7 Å². The summed E-state index contributed by atoms with van der Waals surface area (Å²) in [6, 6.07) is 1.23. The number of likely N-dealkylation sites (N-methyl/N-ethyl adjacent to an activating group) is 1. The summed E-state index contributed by atoms with van der Waals surface area (Å²) >= 11 is 0. The molecule has 2 amide bonds. The van der Waals surface area contributed by atoms with Gasteiger partial charge in [0.15, 0.2) is 5.82 Å². The first-order chi connectivity index (χ1) is 19.2. The Labute approximate surface area is 232 Å². The Kier molecular flexibility index (Phi) is 8.43. The van der Waals surface area contributed by atoms with Gasteiger partial charge < -0.3 is 29.7 Å². The van der Waals surface area contributed by atoms with Gasteiger partial charge in [0.1, 0.15) is 11.5 Å². The molecular formula is C27H30F5N5O4. The van der Waals surface area contributed by atoms with E-state index in [1.54, 1.807) is 18.7 Å². The van der Waals surface area contributed by atoms with Crippen LogP contribution in [0.15, 0.2) is 29.2 Å². The van der Waals surface area contributed by atoms with Crippen LogP contribution in [-0.2, 0) is 10.9 Å². The number of nitrogens with zero attached hydrogens (tertiary/aromatic N) is 3. The van der Waals surface area contributed by atoms with E-state index in [4.69, 9.17) is 4.74 Å². The Morgan fingerprint density at radius 2 is 1.88 bits per heavy atom. The van der Waals surface area contributed by atoms with Gasteiger partial charge in [-0.15, -0.1) is 0 Å². The SMILES string of the molecule is CC(C)OC(=O)N1CC=C(c2c(F)cc(N3CCN(C)[C@@H](C)C3)c(NC(=O)c3c[nH]c(=O)cc3C(F)(F)F)c2F)C1. The molecule has 9 nitrogen and oxygen atoms in total. The number of benzene rings is 1. The fraction of sp³-hybridized carbons (Fsp3) is 0.444. The molecule has 2 N–H and O–H groups in total. The number of H-pyrrole nitrogens is 1. The van der Waals surface area contributed by atoms with E-state index in [-0.39, 0.29) is 36.5 Å². The van der Waals surface area contributed by atoms with Gasteiger partial charge in [-0.05, 0) is 33.4 Å². The molecular weight excluding hydrogens is 553 g/mol. The first-order valence-corrected chi connectivity index (χ1v) is 12.9. The Morgan fingerprint density at radius 1 is 1.17 bits per heavy atom. The normalized spacial score (nSPS) is 18.1. The number of aromatic nitrogens is 1. The molecule has 4 rings (SSSR count). The van der Waals surface area contributed by atoms with Crippen LogP contribution in [0.1, 0.15) is 42.3 Å². The molecule has 1 aromatic heterocycles. The van der Waals surface area contributed by atoms with E-state index in [1.807, 2.05) is 23.9 Å². The minimum Gasteiger partial charge on any atom is -0.447 e. The van der Waals surface area contributed by atoms with Gasteiger partial charge in [-0.3, -0.25) is 9.59 Å². The lowest BCUT2D eigenvalue weighted by atomic mass is 10.0. The highest BCUT2D eigenvalue weighted by Crippen LogP contribution is 2.39. The van der Waals surface area contributed by atoms with Gasteiger partial charge >= 0.3 is 12.3 Å². The van der Waals surface area contributed by atoms with E-state index in [1.165, 1.54) is 11.0 Å². The van der Waals surface area contributed by atoms with Crippen LogP contribution in [0.2, 0.25) is 0 Å². The van der Waals surface area contributed by atoms with Gasteiger partial charge in [0.2, 0.25) is 5.56 Å². The Morgan fingerprint density at radius 3 is 2.51 bits per heavy atom. The molecule has 1 fully saturated rings. The second-order valence-electron chi connectivity index (χ2n) is 10.3. The van der Waals surface area contributed by atoms with Crippen molar-refractivity contribution in [3.8, 4) is 0 Å². The van der Waals surface area contributed by atoms with Crippen LogP contribution in [0.5, 0.6) is 0 Å². The number of halogens is 5. The van der Waals surface area contributed by atoms with Crippen LogP contribution < -0.4 is 15.8 Å². The molecule has 0 bridgehead atoms. The van der Waals surface area contributed by atoms with Crippen molar-refractivity contribution in [1.82, 2.24) is 14.8 Å². The zero-order valence-corrected chi connectivity index (χ0v) is 22.9. The molecule has 3 heterocycles. The van der Waals surface area contributed by atoms with Crippen LogP contribution in [0.4, 0.5) is 38.1 Å². The first-order valence-electron chi connectivity index (χ1n) is 12.9. The summed E-state index contributed by atoms with van der Waals surface area (Å²) in [7, 11) is 1.88. The maximum atomic E-state index is 16.2. The lowest BCUT2D eigenvalue weighted by molar-refractivity contribution is -0.138. The second-order valence-corrected chi connectivity index (χ2v) is 10.3. The van der Waals surface area contributed by atoms with Crippen molar-refractivity contribution in [2.24, 2.45) is 0 Å². The molecule has 0 radical (unpaired) electrons. The maximum absolute atomic E-state index is 16.2. The lowest BCUT2D eigenvalue weighted by Crippen LogP contribution is -2.50. The summed E-state index contributed by atoms with van der Waals surface area (Å²) in [5.41, 5.74) is -4.52. The second kappa shape index (κ2) is 11.5. The predicted octanol–water partition coefficient (Wildman–Crippen LogP) is 4.31. The van der Waals surface area contributed by atoms with Gasteiger partial charge in [-0.2, -0.15) is 13.2 Å². The zero-order valence-electron chi connectivity index (χ0n) is 22.9. The van der Waals surface area contributed by atoms with Gasteiger partial charge in [0.25, 0.3) is 5.91 Å². The number of amides is 2. The molecule has 1 aromatic carbocycles. The maximum Gasteiger partial charge on any atom is 0.417 e. The third-order valence-electron chi connectivity index (χ3n) is 7.05. The fourth-order valence-electron chi connectivity index (χ4n) is 4.76. The highest BCUT2D eigenvalue weighted by molar-refractivity contribution is 6.07. The molecule has 0 unspecified atom stereocenters. The largest absolute Gasteiger partial charge is 0.447 e. The monoisotopic (exact) mass is 583 g/mol. The highest BCUT2D eigenvalue weighted by Gasteiger charge is 2.37. The summed E-state index contributed by atoms with van der Waals surface area (Å²) in [6.07, 6.45) is -4.11. The number of piperazine rings is 1. The van der Waals surface area contributed by atoms with Crippen molar-refractivity contribution < 1.29 is 36.3 Å². The standard InChI is InChI=1S/C27H30F5N5O4/c1-14(2)41-26(40)37-6-5-16(13-37)22-19(28)10-20(36-8-7-35(4)15(3)12-36)24(23(22)29)34-25(39)17-11-33-21(38)9-18(17)27(30,31)32/h5,9-11,14-15H,6-8,12-13H2,1-4H3,(H,33,38)(H,34,39)/t15-/m0/s1. The Bertz CT molecular complexity index is 1440. The van der Waals surface area contributed by atoms with Crippen molar-refractivity contribution in [3.05, 3.63) is 63.1 Å². The van der Waals surface area contributed by atoms with Crippen LogP contribution in [0, 0.1) is 11.6 Å². The number of pyridine rings is 1. The quantitative estimate of drug-likeness (QED) is 0.510. The summed E-state index contributed by atoms with van der Waals surface area (Å²) in [6.45, 7) is 6.21. The average Bonchev–Trinajstić information content (AvgIpc) is 3.36. The molecule has 0 spiro atoms. The average molecular weight is 584 g/mol. The fourth-order valence-corrected chi connectivity index (χ4v) is 4.76. The molecule has 14 heteroatoms. The van der Waals surface area contributed by atoms with Gasteiger partial charge in [-0.1, -0.05) is 6.08 Å². The molecule has 41 heavy (non-hydrogen) atoms. The van der Waals surface area contributed by atoms with E-state index >= 15 is 8.78 Å². The summed E-state index contributed by atoms with van der Waals surface area (Å²) in [4.78, 5) is 44.0. The number of rotatable bonds is 5. The van der Waals surface area contributed by atoms with Gasteiger partial charge in [-0.25, -0.2) is 13.6 Å². The van der Waals surface area contributed by atoms with Gasteiger partial charge in [0, 0.05) is 57.1 Å². The van der Waals surface area contributed by atoms with Crippen molar-refractivity contribution in [1.29, 1.82) is 0 Å². The van der Waals surface area contributed by atoms with Gasteiger partial charge in [0.05, 0.1) is 28.5 Å². The number of carbonyl (C=O) groups excluding carboxylic acids is 2. The number of carbonyl (C=O) groups is 2. The third-order valence-corrected chi connectivity index (χ3v) is 7.05. The number of anilines is 2. The number of nitrogens with one attached hydrogen (secondary N) is 2. The number of aromatic amines is 1. The van der Waals surface area contributed by atoms with E-state index in [0.29, 0.717) is 25.8 Å². The van der Waals surface area contributed by atoms with E-state index in [9.17, 15) is 27.6 Å². The molecule has 0 aliphatic carbocycles. The molecule has 0 saturated carbocycles. The van der Waals surface area contributed by atoms with Crippen molar-refractivity contribution in [2.45, 2.75) is 39.1 Å². The first kappa shape index (κ1) is 30.0. The molecule has 2 aliphatic rings. The summed E-state index contributed by atoms with van der Waals surface area (Å²) in [5, 5.41) is 2.21. The van der Waals surface area contributed by atoms with Crippen LogP contribution >= 0.6 is 0 Å². The molecule has 1 atom stereocenters. The molecule has 1 saturated heterocycles. The highest BCUT2D eigenvalue weighted by atomic mass is 19.4. The minimum absolute atomic E-state index is 0.0194. The van der Waals surface area contributed by atoms with Crippen molar-refractivity contribution in [3.63, 3.8) is 0 Å². The lowest BCUT2D eigenvalue weighted by Gasteiger charge is -2.40. The molecule has 2 aromatic rings. The van der Waals surface area contributed by atoms with E-state index in [2.05, 4.69) is 5.32 Å². The smallest absolute Gasteiger partial charge is 0.417 e. The summed E-state index contributed by atoms with van der Waals surface area (Å²) in [5.74, 6) is -3.52. The Balaban J connectivity index is 1.77. The van der Waals surface area contributed by atoms with Crippen LogP contribution in [0.25, 0.3) is 5.57 Å². The molecule has 222 valence electrons. The number of ether oxygens (including phenoxy) is 1. The topological polar surface area (TPSA) is 98.0 Å². The van der Waals surface area contributed by atoms with Crippen molar-refractivity contribution >= 4 is 28.9 Å². The van der Waals surface area contributed by atoms with Crippen LogP contribution in [0.3, 0.4) is 0 Å². The van der Waals surface area contributed by atoms with Crippen molar-refractivity contribution in [2.75, 3.05) is 50.0 Å². The third kappa shape index (κ3) is 6.37. The number of alkyl halides is 3. The predicted molar refractivity (Wildman–Crippen MR) is 142 cm³/mol. The van der Waals surface area contributed by atoms with E-state index in [0.717, 1.165) is 6.07 Å². The number of hydrogen-bond donors (Lipinski definition) is 2. The minimum atomic E-state index is -5.05. The zero-order chi connectivity index (χ0) is 30.2. The van der Waals surface area contributed by atoms with E-state index < -0.39 is 63.9 Å². The molecule has 2 aliphatic heterocycles. The Hall–Kier alpha value is -3.94. The number of hydrogen-bond acceptors (Lipinski definition) is 6.